The fourth-order valence-corrected chi connectivity index (χ4v) is 3.17. The Labute approximate surface area is 124 Å². The molecule has 0 aromatic carbocycles. The Hall–Kier alpha value is -0.610. The highest BCUT2D eigenvalue weighted by Crippen LogP contribution is 2.21. The van der Waals surface area contributed by atoms with Gasteiger partial charge in [0.1, 0.15) is 0 Å². The van der Waals surface area contributed by atoms with Crippen molar-refractivity contribution in [2.24, 2.45) is 11.8 Å². The van der Waals surface area contributed by atoms with Gasteiger partial charge < -0.3 is 9.80 Å². The largest absolute Gasteiger partial charge is 0.342 e. The monoisotopic (exact) mass is 281 g/mol. The standard InChI is InChI=1S/C16H31N3O/c1-13(2)16(20)19-11-15(12-19)5-6-17-7-9-18(10-8-17)14(3)4/h13-15H,5-12H2,1-4H3. The lowest BCUT2D eigenvalue weighted by Crippen LogP contribution is -2.53. The minimum absolute atomic E-state index is 0.153. The Kier molecular flexibility index (Phi) is 5.44. The Morgan fingerprint density at radius 2 is 1.65 bits per heavy atom. The van der Waals surface area contributed by atoms with Crippen LogP contribution in [0.4, 0.5) is 0 Å². The first-order valence-electron chi connectivity index (χ1n) is 8.22. The van der Waals surface area contributed by atoms with Crippen LogP contribution in [-0.2, 0) is 4.79 Å². The predicted octanol–water partition coefficient (Wildman–Crippen LogP) is 1.52. The van der Waals surface area contributed by atoms with Gasteiger partial charge in [0.05, 0.1) is 0 Å². The van der Waals surface area contributed by atoms with Crippen molar-refractivity contribution in [3.8, 4) is 0 Å². The molecule has 0 spiro atoms. The van der Waals surface area contributed by atoms with E-state index in [1.54, 1.807) is 0 Å². The molecule has 116 valence electrons. The molecule has 2 fully saturated rings. The molecule has 2 aliphatic rings. The van der Waals surface area contributed by atoms with E-state index in [1.807, 2.05) is 18.7 Å². The van der Waals surface area contributed by atoms with Crippen LogP contribution in [0.25, 0.3) is 0 Å². The summed E-state index contributed by atoms with van der Waals surface area (Å²) in [5, 5.41) is 0. The zero-order valence-corrected chi connectivity index (χ0v) is 13.6. The van der Waals surface area contributed by atoms with Gasteiger partial charge >= 0.3 is 0 Å². The van der Waals surface area contributed by atoms with Gasteiger partial charge in [0.15, 0.2) is 0 Å². The Bertz CT molecular complexity index is 316. The number of carbonyl (C=O) groups excluding carboxylic acids is 1. The first kappa shape index (κ1) is 15.8. The van der Waals surface area contributed by atoms with Crippen LogP contribution >= 0.6 is 0 Å². The average molecular weight is 281 g/mol. The number of amides is 1. The van der Waals surface area contributed by atoms with Gasteiger partial charge in [-0.1, -0.05) is 13.8 Å². The van der Waals surface area contributed by atoms with E-state index in [0.29, 0.717) is 11.9 Å². The van der Waals surface area contributed by atoms with E-state index in [4.69, 9.17) is 0 Å². The summed E-state index contributed by atoms with van der Waals surface area (Å²) in [6.07, 6.45) is 1.25. The lowest BCUT2D eigenvalue weighted by molar-refractivity contribution is -0.141. The third-order valence-electron chi connectivity index (χ3n) is 4.75. The molecule has 0 atom stereocenters. The van der Waals surface area contributed by atoms with Gasteiger partial charge in [-0.15, -0.1) is 0 Å². The quantitative estimate of drug-likeness (QED) is 0.764. The molecule has 1 amide bonds. The second kappa shape index (κ2) is 6.90. The maximum absolute atomic E-state index is 11.8. The average Bonchev–Trinajstić information content (AvgIpc) is 2.37. The number of hydrogen-bond donors (Lipinski definition) is 0. The van der Waals surface area contributed by atoms with Crippen LogP contribution in [0.3, 0.4) is 0 Å². The third-order valence-corrected chi connectivity index (χ3v) is 4.75. The smallest absolute Gasteiger partial charge is 0.225 e. The van der Waals surface area contributed by atoms with E-state index in [2.05, 4.69) is 23.6 Å². The van der Waals surface area contributed by atoms with Crippen molar-refractivity contribution in [1.82, 2.24) is 14.7 Å². The van der Waals surface area contributed by atoms with E-state index in [9.17, 15) is 4.79 Å². The lowest BCUT2D eigenvalue weighted by Gasteiger charge is -2.42. The number of hydrogen-bond acceptors (Lipinski definition) is 3. The van der Waals surface area contributed by atoms with Crippen LogP contribution in [0, 0.1) is 11.8 Å². The highest BCUT2D eigenvalue weighted by atomic mass is 16.2. The van der Waals surface area contributed by atoms with Gasteiger partial charge in [0, 0.05) is 51.2 Å². The molecule has 2 rings (SSSR count). The van der Waals surface area contributed by atoms with Crippen LogP contribution in [0.15, 0.2) is 0 Å². The van der Waals surface area contributed by atoms with Crippen molar-refractivity contribution in [2.45, 2.75) is 40.2 Å². The summed E-state index contributed by atoms with van der Waals surface area (Å²) in [6, 6.07) is 0.680. The molecule has 0 aromatic heterocycles. The second-order valence-corrected chi connectivity index (χ2v) is 7.02. The summed E-state index contributed by atoms with van der Waals surface area (Å²) < 4.78 is 0. The molecule has 4 heteroatoms. The van der Waals surface area contributed by atoms with E-state index >= 15 is 0 Å². The Balaban J connectivity index is 1.58. The fraction of sp³-hybridized carbons (Fsp3) is 0.938. The van der Waals surface area contributed by atoms with Crippen molar-refractivity contribution in [2.75, 3.05) is 45.8 Å². The molecule has 0 aliphatic carbocycles. The summed E-state index contributed by atoms with van der Waals surface area (Å²) in [7, 11) is 0. The highest BCUT2D eigenvalue weighted by molar-refractivity contribution is 5.78. The Morgan fingerprint density at radius 1 is 1.05 bits per heavy atom. The van der Waals surface area contributed by atoms with Crippen molar-refractivity contribution >= 4 is 5.91 Å². The minimum atomic E-state index is 0.153. The number of nitrogens with zero attached hydrogens (tertiary/aromatic N) is 3. The van der Waals surface area contributed by atoms with Gasteiger partial charge in [-0.2, -0.15) is 0 Å². The SMILES string of the molecule is CC(C)C(=O)N1CC(CCN2CCN(C(C)C)CC2)C1. The zero-order valence-electron chi connectivity index (χ0n) is 13.6. The van der Waals surface area contributed by atoms with Crippen LogP contribution in [-0.4, -0.2) is 72.5 Å². The maximum Gasteiger partial charge on any atom is 0.225 e. The lowest BCUT2D eigenvalue weighted by atomic mass is 9.94. The van der Waals surface area contributed by atoms with Crippen molar-refractivity contribution in [1.29, 1.82) is 0 Å². The van der Waals surface area contributed by atoms with E-state index in [1.165, 1.54) is 39.1 Å². The molecular formula is C16H31N3O. The minimum Gasteiger partial charge on any atom is -0.342 e. The van der Waals surface area contributed by atoms with Crippen molar-refractivity contribution in [3.05, 3.63) is 0 Å². The molecule has 0 saturated carbocycles. The third kappa shape index (κ3) is 3.95. The topological polar surface area (TPSA) is 26.8 Å². The van der Waals surface area contributed by atoms with Gasteiger partial charge in [-0.25, -0.2) is 0 Å². The van der Waals surface area contributed by atoms with E-state index < -0.39 is 0 Å². The van der Waals surface area contributed by atoms with Gasteiger partial charge in [0.25, 0.3) is 0 Å². The molecule has 0 bridgehead atoms. The number of piperazine rings is 1. The first-order valence-corrected chi connectivity index (χ1v) is 8.22. The van der Waals surface area contributed by atoms with Crippen LogP contribution in [0.1, 0.15) is 34.1 Å². The summed E-state index contributed by atoms with van der Waals surface area (Å²) in [6.45, 7) is 16.6. The molecule has 4 nitrogen and oxygen atoms in total. The number of likely N-dealkylation sites (tertiary alicyclic amines) is 1. The molecule has 20 heavy (non-hydrogen) atoms. The van der Waals surface area contributed by atoms with Crippen LogP contribution in [0.5, 0.6) is 0 Å². The molecule has 0 N–H and O–H groups in total. The molecule has 0 unspecified atom stereocenters. The molecule has 0 radical (unpaired) electrons. The highest BCUT2D eigenvalue weighted by Gasteiger charge is 2.31. The van der Waals surface area contributed by atoms with Crippen LogP contribution in [0.2, 0.25) is 0 Å². The number of carbonyl (C=O) groups is 1. The summed E-state index contributed by atoms with van der Waals surface area (Å²) >= 11 is 0. The van der Waals surface area contributed by atoms with E-state index in [-0.39, 0.29) is 5.92 Å². The van der Waals surface area contributed by atoms with Gasteiger partial charge in [-0.3, -0.25) is 9.69 Å². The van der Waals surface area contributed by atoms with Crippen molar-refractivity contribution < 1.29 is 4.79 Å². The van der Waals surface area contributed by atoms with Crippen LogP contribution < -0.4 is 0 Å². The zero-order chi connectivity index (χ0) is 14.7. The maximum atomic E-state index is 11.8. The van der Waals surface area contributed by atoms with Gasteiger partial charge in [-0.05, 0) is 32.7 Å². The fourth-order valence-electron chi connectivity index (χ4n) is 3.17. The first-order chi connectivity index (χ1) is 9.47. The molecule has 2 aliphatic heterocycles. The molecular weight excluding hydrogens is 250 g/mol. The molecule has 2 saturated heterocycles. The second-order valence-electron chi connectivity index (χ2n) is 7.02. The van der Waals surface area contributed by atoms with Crippen molar-refractivity contribution in [3.63, 3.8) is 0 Å². The molecule has 2 heterocycles. The molecule has 0 aromatic rings. The predicted molar refractivity (Wildman–Crippen MR) is 82.7 cm³/mol. The number of rotatable bonds is 5. The normalized spacial score (nSPS) is 22.6. The summed E-state index contributed by atoms with van der Waals surface area (Å²) in [5.74, 6) is 1.22. The Morgan fingerprint density at radius 3 is 2.15 bits per heavy atom. The van der Waals surface area contributed by atoms with Gasteiger partial charge in [0.2, 0.25) is 5.91 Å². The summed E-state index contributed by atoms with van der Waals surface area (Å²) in [4.78, 5) is 19.0. The van der Waals surface area contributed by atoms with E-state index in [0.717, 1.165) is 19.0 Å². The summed E-state index contributed by atoms with van der Waals surface area (Å²) in [5.41, 5.74) is 0.